The molecule has 0 aromatic heterocycles. The van der Waals surface area contributed by atoms with Crippen LogP contribution >= 0.6 is 0 Å². The Morgan fingerprint density at radius 1 is 1.15 bits per heavy atom. The zero-order valence-corrected chi connectivity index (χ0v) is 10.8. The third kappa shape index (κ3) is 4.14. The molecule has 0 aliphatic heterocycles. The van der Waals surface area contributed by atoms with Gasteiger partial charge >= 0.3 is 12.1 Å². The summed E-state index contributed by atoms with van der Waals surface area (Å²) in [6.45, 7) is 1.62. The predicted octanol–water partition coefficient (Wildman–Crippen LogP) is 3.63. The first-order chi connectivity index (χ1) is 9.03. The van der Waals surface area contributed by atoms with Crippen LogP contribution in [0.1, 0.15) is 13.8 Å². The van der Waals surface area contributed by atoms with Gasteiger partial charge in [0, 0.05) is 6.07 Å². The summed E-state index contributed by atoms with van der Waals surface area (Å²) < 4.78 is 71.1. The molecule has 0 aliphatic carbocycles. The smallest absolute Gasteiger partial charge is 0.456 e. The van der Waals surface area contributed by atoms with Crippen molar-refractivity contribution in [1.29, 1.82) is 0 Å². The molecule has 1 aromatic carbocycles. The number of halogens is 5. The van der Waals surface area contributed by atoms with Crippen LogP contribution in [-0.4, -0.2) is 24.8 Å². The minimum Gasteiger partial charge on any atom is -0.489 e. The van der Waals surface area contributed by atoms with Crippen molar-refractivity contribution < 1.29 is 31.4 Å². The van der Waals surface area contributed by atoms with Gasteiger partial charge in [-0.15, -0.1) is 0 Å². The summed E-state index contributed by atoms with van der Waals surface area (Å²) in [5, 5.41) is 0. The number of alkyl halides is 5. The van der Waals surface area contributed by atoms with Crippen molar-refractivity contribution in [2.45, 2.75) is 32.1 Å². The number of rotatable bonds is 5. The van der Waals surface area contributed by atoms with E-state index >= 15 is 0 Å². The van der Waals surface area contributed by atoms with Gasteiger partial charge in [-0.1, -0.05) is 0 Å². The van der Waals surface area contributed by atoms with Crippen LogP contribution in [0.3, 0.4) is 0 Å². The standard InChI is InChI=1S/C12H14F5NO2/c1-7(2)20-10-5-8(3-4-9(10)18)19-6-11(13,14)12(15,16)17/h3-5,7H,6,18H2,1-2H3. The third-order valence-corrected chi connectivity index (χ3v) is 2.18. The minimum atomic E-state index is -5.65. The van der Waals surface area contributed by atoms with Crippen molar-refractivity contribution in [1.82, 2.24) is 0 Å². The average molecular weight is 299 g/mol. The van der Waals surface area contributed by atoms with Gasteiger partial charge in [0.15, 0.2) is 6.61 Å². The monoisotopic (exact) mass is 299 g/mol. The molecule has 0 bridgehead atoms. The fourth-order valence-corrected chi connectivity index (χ4v) is 1.22. The molecule has 0 saturated heterocycles. The van der Waals surface area contributed by atoms with Gasteiger partial charge in [0.2, 0.25) is 0 Å². The maximum absolute atomic E-state index is 12.7. The van der Waals surface area contributed by atoms with Crippen LogP contribution < -0.4 is 15.2 Å². The molecule has 0 unspecified atom stereocenters. The van der Waals surface area contributed by atoms with Gasteiger partial charge in [0.05, 0.1) is 11.8 Å². The maximum atomic E-state index is 12.7. The van der Waals surface area contributed by atoms with Crippen LogP contribution in [0.4, 0.5) is 27.6 Å². The Bertz CT molecular complexity index is 460. The quantitative estimate of drug-likeness (QED) is 0.667. The van der Waals surface area contributed by atoms with E-state index in [0.717, 1.165) is 0 Å². The maximum Gasteiger partial charge on any atom is 0.456 e. The zero-order valence-electron chi connectivity index (χ0n) is 10.8. The van der Waals surface area contributed by atoms with E-state index in [-0.39, 0.29) is 23.3 Å². The zero-order chi connectivity index (χ0) is 15.6. The third-order valence-electron chi connectivity index (χ3n) is 2.18. The van der Waals surface area contributed by atoms with Crippen LogP contribution in [0.5, 0.6) is 11.5 Å². The molecule has 0 amide bonds. The van der Waals surface area contributed by atoms with Gasteiger partial charge in [-0.3, -0.25) is 0 Å². The topological polar surface area (TPSA) is 44.5 Å². The number of hydrogen-bond acceptors (Lipinski definition) is 3. The number of anilines is 1. The molecule has 0 spiro atoms. The molecule has 1 rings (SSSR count). The Morgan fingerprint density at radius 3 is 2.25 bits per heavy atom. The van der Waals surface area contributed by atoms with E-state index in [2.05, 4.69) is 4.74 Å². The Hall–Kier alpha value is -1.73. The fourth-order valence-electron chi connectivity index (χ4n) is 1.22. The second-order valence-electron chi connectivity index (χ2n) is 4.36. The predicted molar refractivity (Wildman–Crippen MR) is 63.1 cm³/mol. The summed E-state index contributed by atoms with van der Waals surface area (Å²) in [5.74, 6) is -4.94. The van der Waals surface area contributed by atoms with Crippen molar-refractivity contribution >= 4 is 5.69 Å². The summed E-state index contributed by atoms with van der Waals surface area (Å²) in [4.78, 5) is 0. The lowest BCUT2D eigenvalue weighted by Crippen LogP contribution is -2.41. The van der Waals surface area contributed by atoms with Gasteiger partial charge in [-0.2, -0.15) is 22.0 Å². The summed E-state index contributed by atoms with van der Waals surface area (Å²) in [5.41, 5.74) is 5.81. The summed E-state index contributed by atoms with van der Waals surface area (Å²) in [7, 11) is 0. The lowest BCUT2D eigenvalue weighted by atomic mass is 10.2. The van der Waals surface area contributed by atoms with Crippen molar-refractivity contribution in [3.05, 3.63) is 18.2 Å². The number of nitrogens with two attached hydrogens (primary N) is 1. The Balaban J connectivity index is 2.79. The fraction of sp³-hybridized carbons (Fsp3) is 0.500. The molecule has 0 fully saturated rings. The van der Waals surface area contributed by atoms with E-state index in [1.807, 2.05) is 0 Å². The Kier molecular flexibility index (Phi) is 4.67. The van der Waals surface area contributed by atoms with E-state index in [0.29, 0.717) is 0 Å². The van der Waals surface area contributed by atoms with Gasteiger partial charge in [0.25, 0.3) is 0 Å². The molecule has 114 valence electrons. The van der Waals surface area contributed by atoms with E-state index < -0.39 is 18.7 Å². The van der Waals surface area contributed by atoms with Crippen LogP contribution in [0.25, 0.3) is 0 Å². The second kappa shape index (κ2) is 5.72. The highest BCUT2D eigenvalue weighted by molar-refractivity contribution is 5.55. The average Bonchev–Trinajstić information content (AvgIpc) is 2.28. The van der Waals surface area contributed by atoms with Crippen LogP contribution in [0.2, 0.25) is 0 Å². The molecule has 0 aliphatic rings. The van der Waals surface area contributed by atoms with Crippen LogP contribution in [0.15, 0.2) is 18.2 Å². The molecule has 0 heterocycles. The van der Waals surface area contributed by atoms with Crippen molar-refractivity contribution in [2.75, 3.05) is 12.3 Å². The van der Waals surface area contributed by atoms with Crippen molar-refractivity contribution in [2.24, 2.45) is 0 Å². The number of nitrogen functional groups attached to an aromatic ring is 1. The molecule has 2 N–H and O–H groups in total. The van der Waals surface area contributed by atoms with Crippen molar-refractivity contribution in [3.63, 3.8) is 0 Å². The van der Waals surface area contributed by atoms with Gasteiger partial charge < -0.3 is 15.2 Å². The number of benzene rings is 1. The molecule has 0 saturated carbocycles. The van der Waals surface area contributed by atoms with E-state index in [1.165, 1.54) is 18.2 Å². The molecule has 0 atom stereocenters. The Morgan fingerprint density at radius 2 is 1.75 bits per heavy atom. The summed E-state index contributed by atoms with van der Waals surface area (Å²) in [6.07, 6.45) is -5.89. The first-order valence-electron chi connectivity index (χ1n) is 5.66. The van der Waals surface area contributed by atoms with E-state index in [9.17, 15) is 22.0 Å². The van der Waals surface area contributed by atoms with Crippen molar-refractivity contribution in [3.8, 4) is 11.5 Å². The van der Waals surface area contributed by atoms with Crippen LogP contribution in [-0.2, 0) is 0 Å². The first-order valence-corrected chi connectivity index (χ1v) is 5.66. The SMILES string of the molecule is CC(C)Oc1cc(OCC(F)(F)C(F)(F)F)ccc1N. The largest absolute Gasteiger partial charge is 0.489 e. The summed E-state index contributed by atoms with van der Waals surface area (Å²) in [6, 6.07) is 3.66. The summed E-state index contributed by atoms with van der Waals surface area (Å²) >= 11 is 0. The van der Waals surface area contributed by atoms with Gasteiger partial charge in [-0.25, -0.2) is 0 Å². The van der Waals surface area contributed by atoms with E-state index in [4.69, 9.17) is 10.5 Å². The van der Waals surface area contributed by atoms with E-state index in [1.54, 1.807) is 13.8 Å². The molecular weight excluding hydrogens is 285 g/mol. The molecule has 3 nitrogen and oxygen atoms in total. The number of hydrogen-bond donors (Lipinski definition) is 1. The first kappa shape index (κ1) is 16.3. The Labute approximate surface area is 112 Å². The lowest BCUT2D eigenvalue weighted by molar-refractivity contribution is -0.290. The van der Waals surface area contributed by atoms with Gasteiger partial charge in [0.1, 0.15) is 11.5 Å². The number of ether oxygens (including phenoxy) is 2. The lowest BCUT2D eigenvalue weighted by Gasteiger charge is -2.20. The molecule has 0 radical (unpaired) electrons. The highest BCUT2D eigenvalue weighted by atomic mass is 19.4. The van der Waals surface area contributed by atoms with Gasteiger partial charge in [-0.05, 0) is 26.0 Å². The molecule has 20 heavy (non-hydrogen) atoms. The highest BCUT2D eigenvalue weighted by Crippen LogP contribution is 2.36. The normalized spacial score (nSPS) is 12.6. The second-order valence-corrected chi connectivity index (χ2v) is 4.36. The molecule has 1 aromatic rings. The minimum absolute atomic E-state index is 0.160. The highest BCUT2D eigenvalue weighted by Gasteiger charge is 2.58. The molecule has 8 heteroatoms. The van der Waals surface area contributed by atoms with Crippen LogP contribution in [0, 0.1) is 0 Å². The molecular formula is C12H14F5NO2.